The van der Waals surface area contributed by atoms with Gasteiger partial charge in [0.25, 0.3) is 5.56 Å². The maximum atomic E-state index is 12.5. The molecule has 0 bridgehead atoms. The van der Waals surface area contributed by atoms with Gasteiger partial charge in [-0.1, -0.05) is 12.6 Å². The number of piperazine rings is 1. The minimum Gasteiger partial charge on any atom is -0.494 e. The molecule has 2 aromatic carbocycles. The molecule has 1 saturated heterocycles. The first-order valence-corrected chi connectivity index (χ1v) is 14.5. The molecule has 0 saturated carbocycles. The maximum Gasteiger partial charge on any atom is 0.358 e. The Hall–Kier alpha value is -3.95. The van der Waals surface area contributed by atoms with Gasteiger partial charge in [-0.15, -0.1) is 11.3 Å². The fourth-order valence-electron chi connectivity index (χ4n) is 5.00. The highest BCUT2D eigenvalue weighted by molar-refractivity contribution is 7.17. The molecule has 0 radical (unpaired) electrons. The predicted molar refractivity (Wildman–Crippen MR) is 163 cm³/mol. The lowest BCUT2D eigenvalue weighted by molar-refractivity contribution is -0.142. The average Bonchev–Trinajstić information content (AvgIpc) is 3.46. The van der Waals surface area contributed by atoms with Crippen molar-refractivity contribution in [2.24, 2.45) is 4.99 Å². The van der Waals surface area contributed by atoms with Crippen molar-refractivity contribution in [3.8, 4) is 5.75 Å². The first-order valence-electron chi connectivity index (χ1n) is 13.6. The van der Waals surface area contributed by atoms with E-state index in [2.05, 4.69) is 51.0 Å². The van der Waals surface area contributed by atoms with Gasteiger partial charge in [-0.05, 0) is 73.5 Å². The second kappa shape index (κ2) is 12.9. The fourth-order valence-corrected chi connectivity index (χ4v) is 5.81. The number of carbonyl (C=O) groups excluding carboxylic acids is 1. The summed E-state index contributed by atoms with van der Waals surface area (Å²) >= 11 is 1.80. The van der Waals surface area contributed by atoms with Crippen LogP contribution in [0.4, 0.5) is 5.69 Å². The molecule has 0 unspecified atom stereocenters. The van der Waals surface area contributed by atoms with Gasteiger partial charge in [0.1, 0.15) is 11.4 Å². The van der Waals surface area contributed by atoms with Crippen LogP contribution in [0.2, 0.25) is 0 Å². The van der Waals surface area contributed by atoms with Crippen LogP contribution in [0.25, 0.3) is 21.0 Å². The van der Waals surface area contributed by atoms with E-state index in [1.54, 1.807) is 24.3 Å². The van der Waals surface area contributed by atoms with Crippen LogP contribution in [-0.2, 0) is 16.3 Å². The molecule has 0 spiro atoms. The van der Waals surface area contributed by atoms with Crippen molar-refractivity contribution < 1.29 is 14.3 Å². The topological polar surface area (TPSA) is 76.4 Å². The highest BCUT2D eigenvalue weighted by Gasteiger charge is 2.18. The summed E-state index contributed by atoms with van der Waals surface area (Å²) in [7, 11) is 0. The fraction of sp³-hybridized carbons (Fsp3) is 0.323. The number of pyridine rings is 1. The van der Waals surface area contributed by atoms with Crippen LogP contribution >= 0.6 is 11.3 Å². The van der Waals surface area contributed by atoms with Gasteiger partial charge < -0.3 is 14.4 Å². The molecule has 9 heteroatoms. The zero-order valence-corrected chi connectivity index (χ0v) is 23.6. The van der Waals surface area contributed by atoms with Crippen molar-refractivity contribution in [3.63, 3.8) is 0 Å². The Morgan fingerprint density at radius 2 is 1.90 bits per heavy atom. The Morgan fingerprint density at radius 3 is 2.73 bits per heavy atom. The van der Waals surface area contributed by atoms with Crippen LogP contribution < -0.4 is 15.2 Å². The van der Waals surface area contributed by atoms with E-state index < -0.39 is 5.97 Å². The van der Waals surface area contributed by atoms with Gasteiger partial charge in [-0.2, -0.15) is 0 Å². The normalized spacial score (nSPS) is 14.3. The van der Waals surface area contributed by atoms with E-state index in [0.29, 0.717) is 17.9 Å². The van der Waals surface area contributed by atoms with Crippen molar-refractivity contribution in [1.82, 2.24) is 9.47 Å². The lowest BCUT2D eigenvalue weighted by Gasteiger charge is -2.36. The summed E-state index contributed by atoms with van der Waals surface area (Å²) in [6.45, 7) is 10.9. The summed E-state index contributed by atoms with van der Waals surface area (Å²) in [4.78, 5) is 33.5. The molecule has 5 rings (SSSR count). The second-order valence-corrected chi connectivity index (χ2v) is 10.7. The summed E-state index contributed by atoms with van der Waals surface area (Å²) in [5, 5.41) is 4.38. The number of unbranched alkanes of at least 4 members (excludes halogenated alkanes) is 1. The van der Waals surface area contributed by atoms with E-state index in [9.17, 15) is 9.59 Å². The Kier molecular flexibility index (Phi) is 8.93. The third-order valence-corrected chi connectivity index (χ3v) is 8.01. The number of ether oxygens (including phenoxy) is 2. The maximum absolute atomic E-state index is 12.5. The molecule has 208 valence electrons. The van der Waals surface area contributed by atoms with E-state index in [-0.39, 0.29) is 18.0 Å². The zero-order valence-electron chi connectivity index (χ0n) is 22.8. The van der Waals surface area contributed by atoms with Gasteiger partial charge in [-0.25, -0.2) is 4.79 Å². The molecule has 0 N–H and O–H groups in total. The minimum absolute atomic E-state index is 0.0161. The smallest absolute Gasteiger partial charge is 0.358 e. The van der Waals surface area contributed by atoms with Gasteiger partial charge in [-0.3, -0.25) is 19.3 Å². The van der Waals surface area contributed by atoms with E-state index in [1.165, 1.54) is 32.6 Å². The molecule has 0 aliphatic carbocycles. The molecule has 8 nitrogen and oxygen atoms in total. The third-order valence-electron chi connectivity index (χ3n) is 7.13. The first-order chi connectivity index (χ1) is 19.5. The van der Waals surface area contributed by atoms with Crippen molar-refractivity contribution in [3.05, 3.63) is 82.6 Å². The number of hydrogen-bond donors (Lipinski definition) is 0. The van der Waals surface area contributed by atoms with Crippen LogP contribution in [0.5, 0.6) is 5.75 Å². The zero-order chi connectivity index (χ0) is 27.9. The quantitative estimate of drug-likeness (QED) is 0.108. The van der Waals surface area contributed by atoms with Crippen molar-refractivity contribution in [2.75, 3.05) is 44.2 Å². The molecule has 1 aliphatic heterocycles. The lowest BCUT2D eigenvalue weighted by Crippen LogP contribution is -2.46. The molecule has 1 fully saturated rings. The van der Waals surface area contributed by atoms with E-state index >= 15 is 0 Å². The van der Waals surface area contributed by atoms with E-state index in [4.69, 9.17) is 9.47 Å². The van der Waals surface area contributed by atoms with Crippen LogP contribution in [0.3, 0.4) is 0 Å². The summed E-state index contributed by atoms with van der Waals surface area (Å²) in [6, 6.07) is 17.6. The minimum atomic E-state index is -0.671. The standard InChI is InChI=1S/C31H34N4O4S/c1-3-32-23(2)31(37)39-22-35-28-21-25(11-9-24(28)10-12-30(35)36)38-19-5-4-14-33-15-17-34(18-16-33)27-7-6-8-29-26(27)13-20-40-29/h3,6-13,20-21H,2,4-5,14-19,22H2,1H3. The largest absolute Gasteiger partial charge is 0.494 e. The number of thiophene rings is 1. The Balaban J connectivity index is 1.09. The van der Waals surface area contributed by atoms with Gasteiger partial charge >= 0.3 is 5.97 Å². The number of anilines is 1. The van der Waals surface area contributed by atoms with Crippen LogP contribution in [0.1, 0.15) is 19.8 Å². The van der Waals surface area contributed by atoms with E-state index in [0.717, 1.165) is 51.0 Å². The summed E-state index contributed by atoms with van der Waals surface area (Å²) in [5.74, 6) is 0.00466. The number of rotatable bonds is 11. The number of aromatic nitrogens is 1. The van der Waals surface area contributed by atoms with Gasteiger partial charge in [0.2, 0.25) is 0 Å². The van der Waals surface area contributed by atoms with Gasteiger partial charge in [0.05, 0.1) is 12.1 Å². The average molecular weight is 559 g/mol. The monoisotopic (exact) mass is 558 g/mol. The molecule has 40 heavy (non-hydrogen) atoms. The number of hydrogen-bond acceptors (Lipinski definition) is 8. The molecule has 1 aliphatic rings. The highest BCUT2D eigenvalue weighted by Crippen LogP contribution is 2.31. The van der Waals surface area contributed by atoms with Crippen LogP contribution in [0, 0.1) is 0 Å². The van der Waals surface area contributed by atoms with Crippen molar-refractivity contribution in [1.29, 1.82) is 0 Å². The number of nitrogens with zero attached hydrogens (tertiary/aromatic N) is 4. The SMILES string of the molecule is C=C(N=CC)C(=O)OCn1c(=O)ccc2ccc(OCCCCN3CCN(c4cccc5sccc45)CC3)cc21. The predicted octanol–water partition coefficient (Wildman–Crippen LogP) is 5.30. The molecular formula is C31H34N4O4S. The Bertz CT molecular complexity index is 1580. The molecule has 4 aromatic rings. The van der Waals surface area contributed by atoms with Gasteiger partial charge in [0, 0.05) is 60.3 Å². The van der Waals surface area contributed by atoms with Gasteiger partial charge in [0.15, 0.2) is 6.73 Å². The molecule has 0 atom stereocenters. The number of carbonyl (C=O) groups is 1. The highest BCUT2D eigenvalue weighted by atomic mass is 32.1. The van der Waals surface area contributed by atoms with Crippen molar-refractivity contribution >= 4 is 50.2 Å². The lowest BCUT2D eigenvalue weighted by atomic mass is 10.2. The second-order valence-electron chi connectivity index (χ2n) is 9.71. The molecule has 3 heterocycles. The van der Waals surface area contributed by atoms with Crippen LogP contribution in [-0.4, -0.2) is 61.0 Å². The Morgan fingerprint density at radius 1 is 1.07 bits per heavy atom. The first kappa shape index (κ1) is 27.6. The van der Waals surface area contributed by atoms with Crippen LogP contribution in [0.15, 0.2) is 82.0 Å². The molecule has 0 amide bonds. The third kappa shape index (κ3) is 6.43. The number of fused-ring (bicyclic) bond motifs is 2. The molecule has 2 aromatic heterocycles. The summed E-state index contributed by atoms with van der Waals surface area (Å²) in [5.41, 5.74) is 1.70. The molecular weight excluding hydrogens is 524 g/mol. The number of aliphatic imine (C=N–C) groups is 1. The van der Waals surface area contributed by atoms with E-state index in [1.807, 2.05) is 18.2 Å². The summed E-state index contributed by atoms with van der Waals surface area (Å²) < 4.78 is 14.0. The Labute approximate surface area is 237 Å². The van der Waals surface area contributed by atoms with Crippen molar-refractivity contribution in [2.45, 2.75) is 26.5 Å². The number of benzene rings is 2. The number of esters is 1. The summed E-state index contributed by atoms with van der Waals surface area (Å²) in [6.07, 6.45) is 3.45.